The van der Waals surface area contributed by atoms with Crippen molar-refractivity contribution in [3.63, 3.8) is 0 Å². The molecule has 0 heterocycles. The summed E-state index contributed by atoms with van der Waals surface area (Å²) in [4.78, 5) is 0. The van der Waals surface area contributed by atoms with Crippen molar-refractivity contribution < 1.29 is 9.50 Å². The predicted octanol–water partition coefficient (Wildman–Crippen LogP) is 3.51. The van der Waals surface area contributed by atoms with Crippen molar-refractivity contribution in [1.82, 2.24) is 5.32 Å². The summed E-state index contributed by atoms with van der Waals surface area (Å²) < 4.78 is 13.1. The first kappa shape index (κ1) is 14.8. The van der Waals surface area contributed by atoms with Crippen LogP contribution in [0.2, 0.25) is 5.02 Å². The SMILES string of the molecule is CC1CCC(CO)(NCc2ccc(F)c(Cl)c2)CC1. The standard InChI is InChI=1S/C15H21ClFNO/c1-11-4-6-15(10-19,7-5-11)18-9-12-2-3-14(17)13(16)8-12/h2-3,8,11,18-19H,4-7,9-10H2,1H3. The molecule has 0 saturated heterocycles. The number of hydrogen-bond donors (Lipinski definition) is 2. The Morgan fingerprint density at radius 2 is 2.11 bits per heavy atom. The molecule has 0 spiro atoms. The highest BCUT2D eigenvalue weighted by Crippen LogP contribution is 2.32. The van der Waals surface area contributed by atoms with Crippen LogP contribution in [0.4, 0.5) is 4.39 Å². The molecule has 1 saturated carbocycles. The van der Waals surface area contributed by atoms with Gasteiger partial charge in [-0.15, -0.1) is 0 Å². The Labute approximate surface area is 119 Å². The van der Waals surface area contributed by atoms with Gasteiger partial charge in [0.1, 0.15) is 5.82 Å². The molecule has 0 radical (unpaired) electrons. The largest absolute Gasteiger partial charge is 0.394 e. The molecule has 4 heteroatoms. The predicted molar refractivity (Wildman–Crippen MR) is 75.7 cm³/mol. The molecule has 1 aromatic rings. The van der Waals surface area contributed by atoms with E-state index in [0.29, 0.717) is 6.54 Å². The maximum Gasteiger partial charge on any atom is 0.141 e. The van der Waals surface area contributed by atoms with E-state index in [9.17, 15) is 9.50 Å². The maximum absolute atomic E-state index is 13.1. The van der Waals surface area contributed by atoms with Gasteiger partial charge in [0.05, 0.1) is 11.6 Å². The summed E-state index contributed by atoms with van der Waals surface area (Å²) in [7, 11) is 0. The van der Waals surface area contributed by atoms with Crippen LogP contribution in [-0.2, 0) is 6.54 Å². The molecule has 0 aromatic heterocycles. The van der Waals surface area contributed by atoms with Crippen molar-refractivity contribution in [2.24, 2.45) is 5.92 Å². The van der Waals surface area contributed by atoms with Gasteiger partial charge >= 0.3 is 0 Å². The topological polar surface area (TPSA) is 32.3 Å². The smallest absolute Gasteiger partial charge is 0.141 e. The Hall–Kier alpha value is -0.640. The van der Waals surface area contributed by atoms with Crippen molar-refractivity contribution in [3.8, 4) is 0 Å². The number of halogens is 2. The van der Waals surface area contributed by atoms with Gasteiger partial charge in [0, 0.05) is 12.1 Å². The highest BCUT2D eigenvalue weighted by Gasteiger charge is 2.32. The van der Waals surface area contributed by atoms with E-state index in [2.05, 4.69) is 12.2 Å². The Balaban J connectivity index is 1.97. The second-order valence-electron chi connectivity index (χ2n) is 5.72. The molecule has 1 aliphatic carbocycles. The fraction of sp³-hybridized carbons (Fsp3) is 0.600. The number of benzene rings is 1. The van der Waals surface area contributed by atoms with E-state index in [0.717, 1.165) is 37.2 Å². The van der Waals surface area contributed by atoms with E-state index in [1.54, 1.807) is 12.1 Å². The van der Waals surface area contributed by atoms with Crippen LogP contribution < -0.4 is 5.32 Å². The van der Waals surface area contributed by atoms with Gasteiger partial charge in [0.2, 0.25) is 0 Å². The number of aliphatic hydroxyl groups is 1. The number of aliphatic hydroxyl groups excluding tert-OH is 1. The number of hydrogen-bond acceptors (Lipinski definition) is 2. The summed E-state index contributed by atoms with van der Waals surface area (Å²) in [6.07, 6.45) is 4.24. The fourth-order valence-electron chi connectivity index (χ4n) is 2.64. The molecule has 0 bridgehead atoms. The van der Waals surface area contributed by atoms with Gasteiger partial charge in [-0.05, 0) is 49.3 Å². The number of nitrogens with one attached hydrogen (secondary N) is 1. The number of rotatable bonds is 4. The van der Waals surface area contributed by atoms with Crippen LogP contribution >= 0.6 is 11.6 Å². The zero-order valence-corrected chi connectivity index (χ0v) is 12.0. The molecule has 0 atom stereocenters. The minimum atomic E-state index is -0.395. The lowest BCUT2D eigenvalue weighted by atomic mass is 9.77. The van der Waals surface area contributed by atoms with Gasteiger partial charge in [-0.1, -0.05) is 24.6 Å². The van der Waals surface area contributed by atoms with E-state index in [-0.39, 0.29) is 17.2 Å². The third-order valence-electron chi connectivity index (χ3n) is 4.19. The highest BCUT2D eigenvalue weighted by molar-refractivity contribution is 6.30. The molecule has 0 aliphatic heterocycles. The molecule has 1 aromatic carbocycles. The summed E-state index contributed by atoms with van der Waals surface area (Å²) in [5.74, 6) is 0.343. The molecule has 2 rings (SSSR count). The Morgan fingerprint density at radius 3 is 2.68 bits per heavy atom. The van der Waals surface area contributed by atoms with Crippen LogP contribution in [0.15, 0.2) is 18.2 Å². The van der Waals surface area contributed by atoms with E-state index < -0.39 is 5.82 Å². The molecule has 0 unspecified atom stereocenters. The lowest BCUT2D eigenvalue weighted by Gasteiger charge is -2.39. The van der Waals surface area contributed by atoms with Crippen molar-refractivity contribution in [2.45, 2.75) is 44.7 Å². The van der Waals surface area contributed by atoms with Gasteiger partial charge < -0.3 is 10.4 Å². The Bertz CT molecular complexity index is 430. The monoisotopic (exact) mass is 285 g/mol. The highest BCUT2D eigenvalue weighted by atomic mass is 35.5. The van der Waals surface area contributed by atoms with Crippen molar-refractivity contribution >= 4 is 11.6 Å². The van der Waals surface area contributed by atoms with Crippen molar-refractivity contribution in [1.29, 1.82) is 0 Å². The zero-order valence-electron chi connectivity index (χ0n) is 11.3. The van der Waals surface area contributed by atoms with Crippen LogP contribution in [0.1, 0.15) is 38.2 Å². The normalized spacial score (nSPS) is 27.5. The molecular weight excluding hydrogens is 265 g/mol. The summed E-state index contributed by atoms with van der Waals surface area (Å²) in [5.41, 5.74) is 0.755. The van der Waals surface area contributed by atoms with Gasteiger partial charge in [-0.3, -0.25) is 0 Å². The molecule has 0 amide bonds. The van der Waals surface area contributed by atoms with E-state index in [1.165, 1.54) is 6.07 Å². The quantitative estimate of drug-likeness (QED) is 0.887. The van der Waals surface area contributed by atoms with E-state index in [4.69, 9.17) is 11.6 Å². The molecule has 19 heavy (non-hydrogen) atoms. The van der Waals surface area contributed by atoms with E-state index in [1.807, 2.05) is 0 Å². The summed E-state index contributed by atoms with van der Waals surface area (Å²) in [6.45, 7) is 3.00. The second kappa shape index (κ2) is 6.21. The average Bonchev–Trinajstić information content (AvgIpc) is 2.42. The van der Waals surface area contributed by atoms with Crippen LogP contribution in [0, 0.1) is 11.7 Å². The van der Waals surface area contributed by atoms with Gasteiger partial charge in [-0.2, -0.15) is 0 Å². The van der Waals surface area contributed by atoms with Crippen LogP contribution in [-0.4, -0.2) is 17.3 Å². The molecule has 2 nitrogen and oxygen atoms in total. The summed E-state index contributed by atoms with van der Waals surface area (Å²) in [5, 5.41) is 13.2. The van der Waals surface area contributed by atoms with Crippen molar-refractivity contribution in [2.75, 3.05) is 6.61 Å². The molecular formula is C15H21ClFNO. The maximum atomic E-state index is 13.1. The van der Waals surface area contributed by atoms with Gasteiger partial charge in [0.25, 0.3) is 0 Å². The third kappa shape index (κ3) is 3.68. The molecule has 1 fully saturated rings. The molecule has 1 aliphatic rings. The fourth-order valence-corrected chi connectivity index (χ4v) is 2.85. The minimum Gasteiger partial charge on any atom is -0.394 e. The second-order valence-corrected chi connectivity index (χ2v) is 6.13. The zero-order chi connectivity index (χ0) is 13.9. The minimum absolute atomic E-state index is 0.147. The van der Waals surface area contributed by atoms with Gasteiger partial charge in [0.15, 0.2) is 0 Å². The Kier molecular flexibility index (Phi) is 4.82. The summed E-state index contributed by atoms with van der Waals surface area (Å²) >= 11 is 5.77. The molecule has 2 N–H and O–H groups in total. The first-order chi connectivity index (χ1) is 9.04. The first-order valence-electron chi connectivity index (χ1n) is 6.84. The molecule has 106 valence electrons. The first-order valence-corrected chi connectivity index (χ1v) is 7.22. The third-order valence-corrected chi connectivity index (χ3v) is 4.48. The van der Waals surface area contributed by atoms with Crippen LogP contribution in [0.3, 0.4) is 0 Å². The lowest BCUT2D eigenvalue weighted by Crippen LogP contribution is -2.50. The van der Waals surface area contributed by atoms with E-state index >= 15 is 0 Å². The van der Waals surface area contributed by atoms with Gasteiger partial charge in [-0.25, -0.2) is 4.39 Å². The van der Waals surface area contributed by atoms with Crippen molar-refractivity contribution in [3.05, 3.63) is 34.6 Å². The average molecular weight is 286 g/mol. The van der Waals surface area contributed by atoms with Crippen LogP contribution in [0.25, 0.3) is 0 Å². The lowest BCUT2D eigenvalue weighted by molar-refractivity contribution is 0.104. The van der Waals surface area contributed by atoms with Crippen LogP contribution in [0.5, 0.6) is 0 Å². The Morgan fingerprint density at radius 1 is 1.42 bits per heavy atom. The summed E-state index contributed by atoms with van der Waals surface area (Å²) in [6, 6.07) is 4.75.